The molecule has 0 saturated carbocycles. The van der Waals surface area contributed by atoms with Crippen molar-refractivity contribution in [1.82, 2.24) is 5.06 Å². The van der Waals surface area contributed by atoms with Gasteiger partial charge in [-0.25, -0.2) is 9.90 Å². The summed E-state index contributed by atoms with van der Waals surface area (Å²) < 4.78 is 4.80. The zero-order valence-electron chi connectivity index (χ0n) is 11.8. The Kier molecular flexibility index (Phi) is 4.49. The molecule has 1 aromatic carbocycles. The zero-order valence-corrected chi connectivity index (χ0v) is 13.3. The monoisotopic (exact) mass is 331 g/mol. The Bertz CT molecular complexity index is 613. The number of methoxy groups -OCH3 is 1. The molecule has 0 radical (unpaired) electrons. The number of nitrogens with zero attached hydrogens (tertiary/aromatic N) is 1. The van der Waals surface area contributed by atoms with Gasteiger partial charge in [0.15, 0.2) is 6.79 Å². The maximum Gasteiger partial charge on any atom is 0.282 e. The largest absolute Gasteiger partial charge is 0.509 e. The summed E-state index contributed by atoms with van der Waals surface area (Å²) >= 11 is 12.1. The molecule has 0 unspecified atom stereocenters. The molecule has 1 aliphatic heterocycles. The van der Waals surface area contributed by atoms with Crippen LogP contribution in [-0.4, -0.2) is 35.5 Å². The minimum Gasteiger partial charge on any atom is -0.509 e. The Hall–Kier alpha value is -1.27. The minimum atomic E-state index is -1.03. The lowest BCUT2D eigenvalue weighted by molar-refractivity contribution is -0.238. The van der Waals surface area contributed by atoms with E-state index < -0.39 is 11.4 Å². The number of amides is 1. The second kappa shape index (κ2) is 5.85. The number of carbonyl (C=O) groups is 1. The average Bonchev–Trinajstić information content (AvgIpc) is 2.58. The van der Waals surface area contributed by atoms with E-state index in [9.17, 15) is 9.90 Å². The molecule has 1 aliphatic rings. The standard InChI is InChI=1S/C14H15Cl2NO4/c1-14(2)12(18)11(13(19)17(14)21-7-20-3)9-6-8(15)4-5-10(9)16/h4-6,18H,7H2,1-3H3. The topological polar surface area (TPSA) is 59.0 Å². The van der Waals surface area contributed by atoms with Gasteiger partial charge in [0.1, 0.15) is 11.3 Å². The molecule has 7 heteroatoms. The first-order valence-corrected chi connectivity index (χ1v) is 6.92. The highest BCUT2D eigenvalue weighted by Gasteiger charge is 2.48. The third-order valence-electron chi connectivity index (χ3n) is 3.22. The van der Waals surface area contributed by atoms with Crippen molar-refractivity contribution in [2.24, 2.45) is 0 Å². The summed E-state index contributed by atoms with van der Waals surface area (Å²) in [5.74, 6) is -0.633. The second-order valence-corrected chi connectivity index (χ2v) is 5.89. The van der Waals surface area contributed by atoms with Crippen molar-refractivity contribution in [3.63, 3.8) is 0 Å². The first-order valence-electron chi connectivity index (χ1n) is 6.16. The molecular weight excluding hydrogens is 317 g/mol. The molecule has 0 spiro atoms. The maximum absolute atomic E-state index is 12.5. The minimum absolute atomic E-state index is 0.0728. The lowest BCUT2D eigenvalue weighted by Gasteiger charge is -2.30. The van der Waals surface area contributed by atoms with Crippen molar-refractivity contribution >= 4 is 34.7 Å². The molecule has 0 fully saturated rings. The first kappa shape index (κ1) is 16.1. The summed E-state index contributed by atoms with van der Waals surface area (Å²) in [4.78, 5) is 17.8. The van der Waals surface area contributed by atoms with Gasteiger partial charge in [-0.2, -0.15) is 0 Å². The van der Waals surface area contributed by atoms with Crippen LogP contribution in [0.25, 0.3) is 5.57 Å². The smallest absolute Gasteiger partial charge is 0.282 e. The van der Waals surface area contributed by atoms with Gasteiger partial charge in [0, 0.05) is 22.7 Å². The summed E-state index contributed by atoms with van der Waals surface area (Å²) in [6.07, 6.45) is 0. The Morgan fingerprint density at radius 3 is 2.62 bits per heavy atom. The molecule has 5 nitrogen and oxygen atoms in total. The van der Waals surface area contributed by atoms with Crippen LogP contribution >= 0.6 is 23.2 Å². The predicted octanol–water partition coefficient (Wildman–Crippen LogP) is 3.42. The van der Waals surface area contributed by atoms with Crippen LogP contribution in [0, 0.1) is 0 Å². The van der Waals surface area contributed by atoms with Crippen molar-refractivity contribution in [1.29, 1.82) is 0 Å². The van der Waals surface area contributed by atoms with E-state index in [1.807, 2.05) is 0 Å². The molecule has 2 rings (SSSR count). The molecule has 0 aromatic heterocycles. The highest BCUT2D eigenvalue weighted by molar-refractivity contribution is 6.37. The number of ether oxygens (including phenoxy) is 1. The van der Waals surface area contributed by atoms with Crippen LogP contribution in [-0.2, 0) is 14.4 Å². The van der Waals surface area contributed by atoms with E-state index in [4.69, 9.17) is 32.8 Å². The molecule has 0 aliphatic carbocycles. The number of hydrogen-bond donors (Lipinski definition) is 1. The van der Waals surface area contributed by atoms with E-state index in [1.54, 1.807) is 26.0 Å². The second-order valence-electron chi connectivity index (χ2n) is 5.04. The number of benzene rings is 1. The van der Waals surface area contributed by atoms with E-state index in [0.717, 1.165) is 5.06 Å². The highest BCUT2D eigenvalue weighted by atomic mass is 35.5. The number of aliphatic hydroxyl groups excluding tert-OH is 1. The number of halogens is 2. The summed E-state index contributed by atoms with van der Waals surface area (Å²) in [5.41, 5.74) is -0.594. The number of hydrogen-bond acceptors (Lipinski definition) is 4. The number of hydroxylamine groups is 2. The van der Waals surface area contributed by atoms with Gasteiger partial charge in [0.2, 0.25) is 0 Å². The fraction of sp³-hybridized carbons (Fsp3) is 0.357. The number of aliphatic hydroxyl groups is 1. The van der Waals surface area contributed by atoms with E-state index in [-0.39, 0.29) is 18.1 Å². The molecule has 0 atom stereocenters. The van der Waals surface area contributed by atoms with E-state index in [0.29, 0.717) is 15.6 Å². The molecule has 0 saturated heterocycles. The Balaban J connectivity index is 2.50. The normalized spacial score (nSPS) is 17.8. The quantitative estimate of drug-likeness (QED) is 0.859. The van der Waals surface area contributed by atoms with Gasteiger partial charge >= 0.3 is 0 Å². The highest BCUT2D eigenvalue weighted by Crippen LogP contribution is 2.41. The van der Waals surface area contributed by atoms with E-state index in [2.05, 4.69) is 0 Å². The van der Waals surface area contributed by atoms with Gasteiger partial charge in [-0.15, -0.1) is 0 Å². The Morgan fingerprint density at radius 2 is 2.00 bits per heavy atom. The van der Waals surface area contributed by atoms with Gasteiger partial charge < -0.3 is 9.84 Å². The van der Waals surface area contributed by atoms with Crippen molar-refractivity contribution in [3.05, 3.63) is 39.6 Å². The molecule has 0 bridgehead atoms. The molecule has 1 aromatic rings. The van der Waals surface area contributed by atoms with Crippen LogP contribution in [0.3, 0.4) is 0 Å². The maximum atomic E-state index is 12.5. The summed E-state index contributed by atoms with van der Waals surface area (Å²) in [6, 6.07) is 4.70. The van der Waals surface area contributed by atoms with Crippen molar-refractivity contribution in [3.8, 4) is 0 Å². The third kappa shape index (κ3) is 2.74. The molecule has 1 heterocycles. The average molecular weight is 332 g/mol. The van der Waals surface area contributed by atoms with E-state index >= 15 is 0 Å². The lowest BCUT2D eigenvalue weighted by Crippen LogP contribution is -2.43. The third-order valence-corrected chi connectivity index (χ3v) is 3.78. The summed E-state index contributed by atoms with van der Waals surface area (Å²) in [7, 11) is 1.44. The number of carbonyl (C=O) groups excluding carboxylic acids is 1. The molecule has 114 valence electrons. The van der Waals surface area contributed by atoms with Gasteiger partial charge in [-0.05, 0) is 32.0 Å². The van der Waals surface area contributed by atoms with Crippen LogP contribution in [0.2, 0.25) is 10.0 Å². The fourth-order valence-corrected chi connectivity index (χ4v) is 2.50. The van der Waals surface area contributed by atoms with Gasteiger partial charge in [0.25, 0.3) is 5.91 Å². The van der Waals surface area contributed by atoms with Crippen LogP contribution < -0.4 is 0 Å². The van der Waals surface area contributed by atoms with Gasteiger partial charge in [0.05, 0.1) is 5.57 Å². The zero-order chi connectivity index (χ0) is 15.8. The summed E-state index contributed by atoms with van der Waals surface area (Å²) in [5, 5.41) is 12.2. The van der Waals surface area contributed by atoms with Crippen LogP contribution in [0.1, 0.15) is 19.4 Å². The predicted molar refractivity (Wildman–Crippen MR) is 79.9 cm³/mol. The molecule has 1 N–H and O–H groups in total. The SMILES string of the molecule is COCON1C(=O)C(c2cc(Cl)ccc2Cl)=C(O)C1(C)C. The lowest BCUT2D eigenvalue weighted by atomic mass is 9.99. The van der Waals surface area contributed by atoms with E-state index in [1.165, 1.54) is 13.2 Å². The van der Waals surface area contributed by atoms with Gasteiger partial charge in [-0.3, -0.25) is 4.79 Å². The van der Waals surface area contributed by atoms with Crippen LogP contribution in [0.4, 0.5) is 0 Å². The molecule has 21 heavy (non-hydrogen) atoms. The van der Waals surface area contributed by atoms with Crippen molar-refractivity contribution < 1.29 is 19.5 Å². The van der Waals surface area contributed by atoms with Crippen molar-refractivity contribution in [2.45, 2.75) is 19.4 Å². The first-order chi connectivity index (χ1) is 9.80. The number of rotatable bonds is 4. The van der Waals surface area contributed by atoms with Crippen molar-refractivity contribution in [2.75, 3.05) is 13.9 Å². The molecule has 1 amide bonds. The summed E-state index contributed by atoms with van der Waals surface area (Å²) in [6.45, 7) is 3.20. The Morgan fingerprint density at radius 1 is 1.33 bits per heavy atom. The molecular formula is C14H15Cl2NO4. The van der Waals surface area contributed by atoms with Crippen LogP contribution in [0.15, 0.2) is 24.0 Å². The Labute approximate surface area is 132 Å². The van der Waals surface area contributed by atoms with Gasteiger partial charge in [-0.1, -0.05) is 23.2 Å². The fourth-order valence-electron chi connectivity index (χ4n) is 2.12. The van der Waals surface area contributed by atoms with Crippen LogP contribution in [0.5, 0.6) is 0 Å².